The van der Waals surface area contributed by atoms with E-state index in [1.807, 2.05) is 36.1 Å². The second kappa shape index (κ2) is 5.46. The highest BCUT2D eigenvalue weighted by atomic mass is 127. The van der Waals surface area contributed by atoms with Gasteiger partial charge in [0.2, 0.25) is 0 Å². The molecule has 1 rings (SSSR count). The monoisotopic (exact) mass is 267 g/mol. The van der Waals surface area contributed by atoms with E-state index in [0.717, 1.165) is 5.56 Å². The first-order valence-electron chi connectivity index (χ1n) is 3.33. The van der Waals surface area contributed by atoms with E-state index in [1.165, 1.54) is 0 Å². The summed E-state index contributed by atoms with van der Waals surface area (Å²) in [4.78, 5) is 0. The molecule has 0 radical (unpaired) electrons. The highest BCUT2D eigenvalue weighted by Gasteiger charge is 1.93. The molecule has 0 aliphatic rings. The lowest BCUT2D eigenvalue weighted by Crippen LogP contribution is -3.00. The van der Waals surface area contributed by atoms with Gasteiger partial charge in [0.25, 0.3) is 0 Å². The molecule has 11 heavy (non-hydrogen) atoms. The number of aromatic nitrogens is 1. The lowest BCUT2D eigenvalue weighted by atomic mass is 10.2. The minimum absolute atomic E-state index is 0. The predicted octanol–water partition coefficient (Wildman–Crippen LogP) is -1.97. The summed E-state index contributed by atoms with van der Waals surface area (Å²) in [7, 11) is 1.94. The average Bonchev–Trinajstić information content (AvgIpc) is 1.95. The highest BCUT2D eigenvalue weighted by molar-refractivity contribution is 5.06. The predicted molar refractivity (Wildman–Crippen MR) is 37.3 cm³/mol. The van der Waals surface area contributed by atoms with Crippen molar-refractivity contribution >= 4 is 0 Å². The van der Waals surface area contributed by atoms with Gasteiger partial charge in [0.1, 0.15) is 7.05 Å². The van der Waals surface area contributed by atoms with Crippen molar-refractivity contribution in [2.75, 3.05) is 6.67 Å². The molecule has 0 amide bonds. The maximum Gasteiger partial charge on any atom is 0.168 e. The van der Waals surface area contributed by atoms with Gasteiger partial charge < -0.3 is 24.0 Å². The van der Waals surface area contributed by atoms with Gasteiger partial charge in [-0.2, -0.15) is 0 Å². The van der Waals surface area contributed by atoms with Crippen LogP contribution < -0.4 is 28.5 Å². The van der Waals surface area contributed by atoms with Gasteiger partial charge in [-0.15, -0.1) is 0 Å². The van der Waals surface area contributed by atoms with Gasteiger partial charge in [0.15, 0.2) is 12.4 Å². The summed E-state index contributed by atoms with van der Waals surface area (Å²) in [5, 5.41) is 0. The molecule has 0 aliphatic heterocycles. The van der Waals surface area contributed by atoms with Crippen molar-refractivity contribution in [3.05, 3.63) is 30.1 Å². The number of hydrogen-bond donors (Lipinski definition) is 0. The van der Waals surface area contributed by atoms with E-state index in [1.54, 1.807) is 0 Å². The molecule has 0 aliphatic carbocycles. The Morgan fingerprint density at radius 1 is 1.36 bits per heavy atom. The van der Waals surface area contributed by atoms with Crippen molar-refractivity contribution in [1.29, 1.82) is 0 Å². The number of aryl methyl sites for hydroxylation is 2. The van der Waals surface area contributed by atoms with Crippen LogP contribution in [0.5, 0.6) is 0 Å². The van der Waals surface area contributed by atoms with E-state index in [0.29, 0.717) is 6.42 Å². The van der Waals surface area contributed by atoms with Gasteiger partial charge in [0.05, 0.1) is 6.67 Å². The molecule has 0 atom stereocenters. The van der Waals surface area contributed by atoms with Crippen LogP contribution in [0.4, 0.5) is 4.39 Å². The minimum Gasteiger partial charge on any atom is -1.00 e. The van der Waals surface area contributed by atoms with Crippen LogP contribution in [-0.2, 0) is 13.5 Å². The van der Waals surface area contributed by atoms with Crippen LogP contribution in [0, 0.1) is 0 Å². The normalized spacial score (nSPS) is 8.91. The van der Waals surface area contributed by atoms with Gasteiger partial charge >= 0.3 is 0 Å². The summed E-state index contributed by atoms with van der Waals surface area (Å²) in [6, 6.07) is 3.86. The molecule has 1 aromatic rings. The molecule has 0 spiro atoms. The van der Waals surface area contributed by atoms with Gasteiger partial charge in [0, 0.05) is 18.6 Å². The summed E-state index contributed by atoms with van der Waals surface area (Å²) >= 11 is 0. The average molecular weight is 267 g/mol. The second-order valence-corrected chi connectivity index (χ2v) is 2.31. The largest absolute Gasteiger partial charge is 1.00 e. The quantitative estimate of drug-likeness (QED) is 0.432. The molecular weight excluding hydrogens is 256 g/mol. The molecule has 3 heteroatoms. The molecule has 0 saturated heterocycles. The van der Waals surface area contributed by atoms with E-state index < -0.39 is 0 Å². The maximum atomic E-state index is 11.8. The molecule has 0 aromatic carbocycles. The number of hydrogen-bond acceptors (Lipinski definition) is 0. The van der Waals surface area contributed by atoms with E-state index in [4.69, 9.17) is 0 Å². The first-order valence-corrected chi connectivity index (χ1v) is 3.33. The molecule has 62 valence electrons. The SMILES string of the molecule is C[n+]1ccc(CCF)cc1.[I-]. The fourth-order valence-corrected chi connectivity index (χ4v) is 0.808. The van der Waals surface area contributed by atoms with Crippen LogP contribution in [0.3, 0.4) is 0 Å². The van der Waals surface area contributed by atoms with Crippen LogP contribution in [0.1, 0.15) is 5.56 Å². The van der Waals surface area contributed by atoms with Gasteiger partial charge in [-0.1, -0.05) is 0 Å². The van der Waals surface area contributed by atoms with Gasteiger partial charge in [-0.05, 0) is 5.56 Å². The number of halogens is 2. The molecule has 0 unspecified atom stereocenters. The maximum absolute atomic E-state index is 11.8. The molecule has 1 aromatic heterocycles. The Kier molecular flexibility index (Phi) is 5.36. The van der Waals surface area contributed by atoms with Crippen molar-refractivity contribution in [1.82, 2.24) is 0 Å². The number of rotatable bonds is 2. The number of pyridine rings is 1. The fraction of sp³-hybridized carbons (Fsp3) is 0.375. The van der Waals surface area contributed by atoms with Crippen LogP contribution in [0.25, 0.3) is 0 Å². The van der Waals surface area contributed by atoms with Crippen molar-refractivity contribution in [2.24, 2.45) is 7.05 Å². The van der Waals surface area contributed by atoms with Crippen LogP contribution >= 0.6 is 0 Å². The molecule has 0 saturated carbocycles. The van der Waals surface area contributed by atoms with Crippen LogP contribution in [-0.4, -0.2) is 6.67 Å². The minimum atomic E-state index is -0.270. The summed E-state index contributed by atoms with van der Waals surface area (Å²) in [5.74, 6) is 0. The van der Waals surface area contributed by atoms with E-state index in [9.17, 15) is 4.39 Å². The summed E-state index contributed by atoms with van der Waals surface area (Å²) < 4.78 is 13.7. The topological polar surface area (TPSA) is 3.88 Å². The zero-order chi connectivity index (χ0) is 7.40. The summed E-state index contributed by atoms with van der Waals surface area (Å²) in [5.41, 5.74) is 1.06. The fourth-order valence-electron chi connectivity index (χ4n) is 0.808. The first-order chi connectivity index (χ1) is 4.83. The molecule has 1 heterocycles. The van der Waals surface area contributed by atoms with Crippen LogP contribution in [0.2, 0.25) is 0 Å². The van der Waals surface area contributed by atoms with Crippen molar-refractivity contribution in [2.45, 2.75) is 6.42 Å². The molecule has 1 nitrogen and oxygen atoms in total. The Morgan fingerprint density at radius 3 is 2.36 bits per heavy atom. The smallest absolute Gasteiger partial charge is 0.168 e. The zero-order valence-electron chi connectivity index (χ0n) is 6.43. The van der Waals surface area contributed by atoms with E-state index >= 15 is 0 Å². The third-order valence-corrected chi connectivity index (χ3v) is 1.43. The Balaban J connectivity index is 0.000001000. The summed E-state index contributed by atoms with van der Waals surface area (Å²) in [6.07, 6.45) is 4.37. The Labute approximate surface area is 83.3 Å². The van der Waals surface area contributed by atoms with Crippen LogP contribution in [0.15, 0.2) is 24.5 Å². The Hall–Kier alpha value is -0.190. The Morgan fingerprint density at radius 2 is 1.91 bits per heavy atom. The molecule has 0 N–H and O–H groups in total. The Bertz CT molecular complexity index is 198. The van der Waals surface area contributed by atoms with Gasteiger partial charge in [-0.3, -0.25) is 4.39 Å². The number of alkyl halides is 1. The van der Waals surface area contributed by atoms with E-state index in [-0.39, 0.29) is 30.7 Å². The van der Waals surface area contributed by atoms with Crippen molar-refractivity contribution in [3.63, 3.8) is 0 Å². The third-order valence-electron chi connectivity index (χ3n) is 1.43. The second-order valence-electron chi connectivity index (χ2n) is 2.31. The third kappa shape index (κ3) is 3.65. The zero-order valence-corrected chi connectivity index (χ0v) is 8.58. The lowest BCUT2D eigenvalue weighted by molar-refractivity contribution is -0.671. The highest BCUT2D eigenvalue weighted by Crippen LogP contribution is 1.95. The summed E-state index contributed by atoms with van der Waals surface area (Å²) in [6.45, 7) is -0.270. The van der Waals surface area contributed by atoms with Crippen molar-refractivity contribution < 1.29 is 32.9 Å². The van der Waals surface area contributed by atoms with Gasteiger partial charge in [-0.25, -0.2) is 4.57 Å². The standard InChI is InChI=1S/C8H11FN.HI/c1-10-6-3-8(2-5-9)4-7-10;/h3-4,6-7H,2,5H2,1H3;1H/q+1;/p-1. The first kappa shape index (κ1) is 10.8. The molecular formula is C8H11FIN. The molecule has 0 fully saturated rings. The van der Waals surface area contributed by atoms with Crippen molar-refractivity contribution in [3.8, 4) is 0 Å². The number of nitrogens with zero attached hydrogens (tertiary/aromatic N) is 1. The lowest BCUT2D eigenvalue weighted by Gasteiger charge is -1.92. The van der Waals surface area contributed by atoms with E-state index in [2.05, 4.69) is 0 Å². The molecule has 0 bridgehead atoms.